The predicted molar refractivity (Wildman–Crippen MR) is 76.8 cm³/mol. The molecule has 106 valence electrons. The van der Waals surface area contributed by atoms with E-state index in [1.807, 2.05) is 0 Å². The van der Waals surface area contributed by atoms with Gasteiger partial charge in [-0.05, 0) is 31.6 Å². The van der Waals surface area contributed by atoms with Crippen molar-refractivity contribution in [3.05, 3.63) is 0 Å². The lowest BCUT2D eigenvalue weighted by Crippen LogP contribution is -2.47. The second-order valence-electron chi connectivity index (χ2n) is 6.74. The molecule has 1 heterocycles. The molecule has 1 unspecified atom stereocenters. The summed E-state index contributed by atoms with van der Waals surface area (Å²) in [7, 11) is 0. The van der Waals surface area contributed by atoms with Crippen LogP contribution in [0, 0.1) is 11.3 Å². The lowest BCUT2D eigenvalue weighted by Gasteiger charge is -2.44. The molecule has 1 N–H and O–H groups in total. The summed E-state index contributed by atoms with van der Waals surface area (Å²) in [4.78, 5) is 0. The van der Waals surface area contributed by atoms with Crippen LogP contribution >= 0.6 is 0 Å². The second kappa shape index (κ2) is 6.91. The van der Waals surface area contributed by atoms with Gasteiger partial charge < -0.3 is 10.1 Å². The van der Waals surface area contributed by atoms with Crippen LogP contribution in [0.2, 0.25) is 0 Å². The molecule has 0 radical (unpaired) electrons. The third kappa shape index (κ3) is 3.71. The van der Waals surface area contributed by atoms with E-state index in [4.69, 9.17) is 4.74 Å². The topological polar surface area (TPSA) is 21.3 Å². The number of hydrogen-bond acceptors (Lipinski definition) is 2. The van der Waals surface area contributed by atoms with Crippen LogP contribution in [-0.4, -0.2) is 25.8 Å². The molecule has 18 heavy (non-hydrogen) atoms. The highest BCUT2D eigenvalue weighted by molar-refractivity contribution is 4.91. The lowest BCUT2D eigenvalue weighted by molar-refractivity contribution is -0.0466. The molecule has 1 aliphatic carbocycles. The van der Waals surface area contributed by atoms with Crippen molar-refractivity contribution in [3.8, 4) is 0 Å². The van der Waals surface area contributed by atoms with E-state index in [1.165, 1.54) is 51.4 Å². The van der Waals surface area contributed by atoms with Crippen molar-refractivity contribution in [1.29, 1.82) is 0 Å². The Hall–Kier alpha value is -0.0800. The maximum Gasteiger partial charge on any atom is 0.0537 e. The Bertz CT molecular complexity index is 225. The molecule has 0 aromatic carbocycles. The van der Waals surface area contributed by atoms with Crippen molar-refractivity contribution < 1.29 is 4.74 Å². The SMILES string of the molecule is CC(C)NCC1(C2CCCCCC2)CCCOC1. The zero-order chi connectivity index (χ0) is 12.8. The van der Waals surface area contributed by atoms with E-state index in [0.717, 1.165) is 25.7 Å². The molecule has 1 aliphatic heterocycles. The van der Waals surface area contributed by atoms with Gasteiger partial charge in [0.15, 0.2) is 0 Å². The number of nitrogens with one attached hydrogen (secondary N) is 1. The molecule has 0 amide bonds. The molecule has 0 aromatic heterocycles. The van der Waals surface area contributed by atoms with Gasteiger partial charge >= 0.3 is 0 Å². The minimum atomic E-state index is 0.437. The normalized spacial score (nSPS) is 31.5. The van der Waals surface area contributed by atoms with Crippen LogP contribution in [0.4, 0.5) is 0 Å². The summed E-state index contributed by atoms with van der Waals surface area (Å²) >= 11 is 0. The van der Waals surface area contributed by atoms with E-state index >= 15 is 0 Å². The highest BCUT2D eigenvalue weighted by atomic mass is 16.5. The van der Waals surface area contributed by atoms with Crippen molar-refractivity contribution in [2.75, 3.05) is 19.8 Å². The van der Waals surface area contributed by atoms with Crippen LogP contribution in [0.5, 0.6) is 0 Å². The van der Waals surface area contributed by atoms with Crippen LogP contribution in [0.25, 0.3) is 0 Å². The van der Waals surface area contributed by atoms with E-state index in [0.29, 0.717) is 11.5 Å². The van der Waals surface area contributed by atoms with Gasteiger partial charge in [-0.3, -0.25) is 0 Å². The molecule has 0 spiro atoms. The van der Waals surface area contributed by atoms with Gasteiger partial charge in [0.25, 0.3) is 0 Å². The van der Waals surface area contributed by atoms with Crippen molar-refractivity contribution in [2.45, 2.75) is 71.3 Å². The number of hydrogen-bond donors (Lipinski definition) is 1. The van der Waals surface area contributed by atoms with E-state index in [1.54, 1.807) is 0 Å². The second-order valence-corrected chi connectivity index (χ2v) is 6.74. The lowest BCUT2D eigenvalue weighted by atomic mass is 9.68. The first-order chi connectivity index (χ1) is 8.73. The Morgan fingerprint density at radius 1 is 1.11 bits per heavy atom. The summed E-state index contributed by atoms with van der Waals surface area (Å²) in [5.74, 6) is 0.895. The average Bonchev–Trinajstić information content (AvgIpc) is 2.67. The minimum absolute atomic E-state index is 0.437. The summed E-state index contributed by atoms with van der Waals surface area (Å²) in [6.45, 7) is 7.65. The van der Waals surface area contributed by atoms with Crippen LogP contribution in [0.15, 0.2) is 0 Å². The zero-order valence-corrected chi connectivity index (χ0v) is 12.3. The Morgan fingerprint density at radius 2 is 1.83 bits per heavy atom. The van der Waals surface area contributed by atoms with Gasteiger partial charge in [-0.15, -0.1) is 0 Å². The van der Waals surface area contributed by atoms with Gasteiger partial charge in [-0.25, -0.2) is 0 Å². The molecule has 0 aromatic rings. The molecule has 2 heteroatoms. The van der Waals surface area contributed by atoms with Crippen LogP contribution in [0.1, 0.15) is 65.2 Å². The summed E-state index contributed by atoms with van der Waals surface area (Å²) in [6.07, 6.45) is 11.3. The molecular weight excluding hydrogens is 222 g/mol. The van der Waals surface area contributed by atoms with Crippen LogP contribution < -0.4 is 5.32 Å². The Morgan fingerprint density at radius 3 is 2.39 bits per heavy atom. The molecule has 1 saturated carbocycles. The first-order valence-electron chi connectivity index (χ1n) is 8.04. The van der Waals surface area contributed by atoms with Crippen molar-refractivity contribution in [2.24, 2.45) is 11.3 Å². The van der Waals surface area contributed by atoms with Crippen LogP contribution in [0.3, 0.4) is 0 Å². The van der Waals surface area contributed by atoms with E-state index in [9.17, 15) is 0 Å². The molecule has 2 fully saturated rings. The Balaban J connectivity index is 2.01. The third-order valence-electron chi connectivity index (χ3n) is 4.94. The van der Waals surface area contributed by atoms with Crippen molar-refractivity contribution >= 4 is 0 Å². The molecular formula is C16H31NO. The molecule has 2 rings (SSSR count). The highest BCUT2D eigenvalue weighted by Crippen LogP contribution is 2.43. The van der Waals surface area contributed by atoms with Gasteiger partial charge in [0.05, 0.1) is 6.61 Å². The number of rotatable bonds is 4. The van der Waals surface area contributed by atoms with Gasteiger partial charge in [-0.2, -0.15) is 0 Å². The summed E-state index contributed by atoms with van der Waals surface area (Å²) in [6, 6.07) is 0.592. The molecule has 1 atom stereocenters. The van der Waals surface area contributed by atoms with Gasteiger partial charge in [0.2, 0.25) is 0 Å². The van der Waals surface area contributed by atoms with E-state index in [2.05, 4.69) is 19.2 Å². The largest absolute Gasteiger partial charge is 0.381 e. The summed E-state index contributed by atoms with van der Waals surface area (Å²) in [5.41, 5.74) is 0.437. The Labute approximate surface area is 113 Å². The van der Waals surface area contributed by atoms with Gasteiger partial charge in [0.1, 0.15) is 0 Å². The standard InChI is InChI=1S/C16H31NO/c1-14(2)17-12-16(10-7-11-18-13-16)15-8-5-3-4-6-9-15/h14-15,17H,3-13H2,1-2H3. The highest BCUT2D eigenvalue weighted by Gasteiger charge is 2.40. The maximum absolute atomic E-state index is 5.87. The maximum atomic E-state index is 5.87. The average molecular weight is 253 g/mol. The molecule has 2 nitrogen and oxygen atoms in total. The minimum Gasteiger partial charge on any atom is -0.381 e. The number of ether oxygens (including phenoxy) is 1. The predicted octanol–water partition coefficient (Wildman–Crippen LogP) is 3.75. The summed E-state index contributed by atoms with van der Waals surface area (Å²) in [5, 5.41) is 3.69. The van der Waals surface area contributed by atoms with Crippen molar-refractivity contribution in [1.82, 2.24) is 5.32 Å². The van der Waals surface area contributed by atoms with E-state index in [-0.39, 0.29) is 0 Å². The van der Waals surface area contributed by atoms with Crippen LogP contribution in [-0.2, 0) is 4.74 Å². The smallest absolute Gasteiger partial charge is 0.0537 e. The fourth-order valence-electron chi connectivity index (χ4n) is 3.78. The first kappa shape index (κ1) is 14.3. The fraction of sp³-hybridized carbons (Fsp3) is 1.00. The quantitative estimate of drug-likeness (QED) is 0.770. The molecule has 2 aliphatic rings. The van der Waals surface area contributed by atoms with Gasteiger partial charge in [0, 0.05) is 24.6 Å². The molecule has 1 saturated heterocycles. The summed E-state index contributed by atoms with van der Waals surface area (Å²) < 4.78 is 5.87. The molecule has 0 bridgehead atoms. The monoisotopic (exact) mass is 253 g/mol. The third-order valence-corrected chi connectivity index (χ3v) is 4.94. The Kier molecular flexibility index (Phi) is 5.50. The fourth-order valence-corrected chi connectivity index (χ4v) is 3.78. The van der Waals surface area contributed by atoms with Gasteiger partial charge in [-0.1, -0.05) is 39.5 Å². The zero-order valence-electron chi connectivity index (χ0n) is 12.3. The first-order valence-corrected chi connectivity index (χ1v) is 8.04. The van der Waals surface area contributed by atoms with Crippen molar-refractivity contribution in [3.63, 3.8) is 0 Å². The van der Waals surface area contributed by atoms with E-state index < -0.39 is 0 Å².